The van der Waals surface area contributed by atoms with E-state index in [1.165, 1.54) is 6.08 Å². The van der Waals surface area contributed by atoms with Gasteiger partial charge in [-0.05, 0) is 84.0 Å². The maximum Gasteiger partial charge on any atom is 0.329 e. The van der Waals surface area contributed by atoms with E-state index in [-0.39, 0.29) is 58.9 Å². The standard InChI is InChI=1S/C44H73N5O7Si2/c1-30-16-14-22-45-37(51)19-18-31(2)40(32(3)29-48-24-20-33(21-25-48)47(7)8)55-42(53)36-17-15-23-49(36)41(52)39-43(57(9,10)11)54-38(46-39)28-34(50)27-35(26-30)56-58(12,13)44(4,5)6/h14,16,18-19,26,31-33,35-36,40H,15,17,20-25,27-29H2,1-13H3,(H,45,51)/b16-14?,19-18+,30-26?/t31-,32+,35?,36-,40+/m1/s1. The number of ketones is 1. The van der Waals surface area contributed by atoms with Crippen LogP contribution in [0.1, 0.15) is 90.0 Å². The van der Waals surface area contributed by atoms with Crippen molar-refractivity contribution in [3.63, 3.8) is 0 Å². The number of nitrogens with zero attached hydrogens (tertiary/aromatic N) is 4. The van der Waals surface area contributed by atoms with E-state index in [0.717, 1.165) is 38.0 Å². The van der Waals surface area contributed by atoms with E-state index in [4.69, 9.17) is 18.6 Å². The second-order valence-corrected chi connectivity index (χ2v) is 29.4. The van der Waals surface area contributed by atoms with Crippen LogP contribution in [0.25, 0.3) is 0 Å². The highest BCUT2D eigenvalue weighted by atomic mass is 28.4. The summed E-state index contributed by atoms with van der Waals surface area (Å²) >= 11 is 0. The van der Waals surface area contributed by atoms with Gasteiger partial charge in [0.25, 0.3) is 5.91 Å². The third-order valence-corrected chi connectivity index (χ3v) is 18.5. The highest BCUT2D eigenvalue weighted by Gasteiger charge is 2.43. The van der Waals surface area contributed by atoms with Crippen molar-refractivity contribution in [2.45, 2.75) is 142 Å². The number of hydrogen-bond donors (Lipinski definition) is 1. The Balaban J connectivity index is 1.69. The van der Waals surface area contributed by atoms with Crippen molar-refractivity contribution in [2.24, 2.45) is 11.8 Å². The molecule has 14 heteroatoms. The minimum absolute atomic E-state index is 0.0427. The van der Waals surface area contributed by atoms with E-state index in [1.54, 1.807) is 4.90 Å². The first-order valence-electron chi connectivity index (χ1n) is 21.4. The SMILES string of the molecule is CC1=CC(O[Si](C)(C)C(C)(C)C)CC(=O)Cc2nc(c([Si](C)(C)C)o2)C(=O)N2CCC[C@@H]2C(=O)O[C@H]([C@@H](C)CN2CCC(N(C)C)CC2)[C@H](C)/C=C/C(=O)NCC=C1. The summed E-state index contributed by atoms with van der Waals surface area (Å²) in [6, 6.07) is -0.236. The number of piperidine rings is 1. The Hall–Kier alpha value is -3.18. The molecule has 1 N–H and O–H groups in total. The zero-order valence-electron chi connectivity index (χ0n) is 37.8. The third-order valence-electron chi connectivity index (χ3n) is 12.3. The quantitative estimate of drug-likeness (QED) is 0.253. The van der Waals surface area contributed by atoms with Crippen LogP contribution in [0.15, 0.2) is 40.4 Å². The van der Waals surface area contributed by atoms with Crippen LogP contribution in [-0.4, -0.2) is 131 Å². The molecule has 1 unspecified atom stereocenters. The zero-order chi connectivity index (χ0) is 43.2. The number of Topliss-reactive ketones (excluding diaryl/α,β-unsaturated/α-hetero) is 1. The van der Waals surface area contributed by atoms with Gasteiger partial charge in [-0.3, -0.25) is 14.4 Å². The molecule has 324 valence electrons. The molecule has 3 aliphatic rings. The number of cyclic esters (lactones) is 1. The second kappa shape index (κ2) is 19.9. The van der Waals surface area contributed by atoms with Crippen molar-refractivity contribution >= 4 is 45.3 Å². The number of carbonyl (C=O) groups is 4. The summed E-state index contributed by atoms with van der Waals surface area (Å²) in [5.41, 5.74) is 1.09. The molecule has 4 heterocycles. The Labute approximate surface area is 350 Å². The zero-order valence-corrected chi connectivity index (χ0v) is 39.8. The fourth-order valence-corrected chi connectivity index (χ4v) is 10.4. The molecule has 58 heavy (non-hydrogen) atoms. The van der Waals surface area contributed by atoms with Gasteiger partial charge in [-0.15, -0.1) is 0 Å². The molecule has 5 atom stereocenters. The molecule has 2 bridgehead atoms. The van der Waals surface area contributed by atoms with E-state index in [1.807, 2.05) is 38.2 Å². The van der Waals surface area contributed by atoms with Crippen molar-refractivity contribution in [1.82, 2.24) is 25.0 Å². The normalized spacial score (nSPS) is 26.0. The van der Waals surface area contributed by atoms with Gasteiger partial charge in [0.2, 0.25) is 11.8 Å². The van der Waals surface area contributed by atoms with Crippen LogP contribution in [0, 0.1) is 11.8 Å². The largest absolute Gasteiger partial charge is 0.460 e. The van der Waals surface area contributed by atoms with E-state index < -0.39 is 40.6 Å². The molecule has 0 radical (unpaired) electrons. The van der Waals surface area contributed by atoms with Gasteiger partial charge in [0.15, 0.2) is 14.0 Å². The van der Waals surface area contributed by atoms with Crippen molar-refractivity contribution in [3.8, 4) is 0 Å². The van der Waals surface area contributed by atoms with Crippen LogP contribution in [0.2, 0.25) is 37.8 Å². The lowest BCUT2D eigenvalue weighted by molar-refractivity contribution is -0.158. The first-order chi connectivity index (χ1) is 27.0. The predicted molar refractivity (Wildman–Crippen MR) is 235 cm³/mol. The van der Waals surface area contributed by atoms with Gasteiger partial charge in [-0.25, -0.2) is 9.78 Å². The first kappa shape index (κ1) is 47.5. The molecule has 4 rings (SSSR count). The molecule has 0 aliphatic carbocycles. The highest BCUT2D eigenvalue weighted by Crippen LogP contribution is 2.38. The van der Waals surface area contributed by atoms with Crippen LogP contribution in [0.5, 0.6) is 0 Å². The number of oxazole rings is 1. The monoisotopic (exact) mass is 840 g/mol. The van der Waals surface area contributed by atoms with Gasteiger partial charge in [0, 0.05) is 43.9 Å². The molecule has 2 amide bonds. The van der Waals surface area contributed by atoms with Crippen LogP contribution in [-0.2, 0) is 30.0 Å². The molecular formula is C44H73N5O7Si2. The van der Waals surface area contributed by atoms with Crippen molar-refractivity contribution in [3.05, 3.63) is 47.5 Å². The lowest BCUT2D eigenvalue weighted by Gasteiger charge is -2.38. The molecule has 12 nitrogen and oxygen atoms in total. The Kier molecular flexibility index (Phi) is 16.3. The van der Waals surface area contributed by atoms with Gasteiger partial charge in [0.1, 0.15) is 31.4 Å². The topological polar surface area (TPSA) is 135 Å². The van der Waals surface area contributed by atoms with E-state index in [9.17, 15) is 19.2 Å². The first-order valence-corrected chi connectivity index (χ1v) is 27.8. The lowest BCUT2D eigenvalue weighted by atomic mass is 9.91. The van der Waals surface area contributed by atoms with Gasteiger partial charge in [-0.2, -0.15) is 0 Å². The lowest BCUT2D eigenvalue weighted by Crippen LogP contribution is -2.49. The summed E-state index contributed by atoms with van der Waals surface area (Å²) in [6.45, 7) is 26.5. The number of carbonyl (C=O) groups excluding carboxylic acids is 4. The van der Waals surface area contributed by atoms with Gasteiger partial charge in [0.05, 0.1) is 12.5 Å². The number of nitrogens with one attached hydrogen (secondary N) is 1. The van der Waals surface area contributed by atoms with Crippen LogP contribution in [0.3, 0.4) is 0 Å². The highest BCUT2D eigenvalue weighted by molar-refractivity contribution is 6.88. The van der Waals surface area contributed by atoms with E-state index >= 15 is 0 Å². The summed E-state index contributed by atoms with van der Waals surface area (Å²) < 4.78 is 19.5. The minimum Gasteiger partial charge on any atom is -0.460 e. The molecule has 0 aromatic carbocycles. The Morgan fingerprint density at radius 3 is 2.31 bits per heavy atom. The van der Waals surface area contributed by atoms with Crippen LogP contribution >= 0.6 is 0 Å². The van der Waals surface area contributed by atoms with Gasteiger partial charge in [-0.1, -0.05) is 84.1 Å². The average Bonchev–Trinajstić information content (AvgIpc) is 3.78. The molecule has 2 fully saturated rings. The number of esters is 1. The molecule has 1 aromatic rings. The Bertz CT molecular complexity index is 1700. The predicted octanol–water partition coefficient (Wildman–Crippen LogP) is 6.12. The number of allylic oxidation sites excluding steroid dienone is 2. The number of fused-ring (bicyclic) bond motifs is 3. The van der Waals surface area contributed by atoms with Crippen molar-refractivity contribution in [1.29, 1.82) is 0 Å². The number of likely N-dealkylation sites (tertiary alicyclic amines) is 1. The summed E-state index contributed by atoms with van der Waals surface area (Å²) in [4.78, 5) is 66.5. The van der Waals surface area contributed by atoms with Crippen LogP contribution in [0.4, 0.5) is 0 Å². The smallest absolute Gasteiger partial charge is 0.329 e. The van der Waals surface area contributed by atoms with Gasteiger partial charge >= 0.3 is 5.97 Å². The van der Waals surface area contributed by atoms with Crippen LogP contribution < -0.4 is 10.7 Å². The van der Waals surface area contributed by atoms with E-state index in [0.29, 0.717) is 37.4 Å². The molecule has 1 aromatic heterocycles. The Morgan fingerprint density at radius 2 is 1.69 bits per heavy atom. The summed E-state index contributed by atoms with van der Waals surface area (Å²) in [6.07, 6.45) is 11.4. The fraction of sp³-hybridized carbons (Fsp3) is 0.705. The van der Waals surface area contributed by atoms with Gasteiger partial charge < -0.3 is 33.6 Å². The van der Waals surface area contributed by atoms with Crippen molar-refractivity contribution < 1.29 is 32.8 Å². The average molecular weight is 840 g/mol. The number of rotatable bonds is 7. The maximum atomic E-state index is 14.5. The second-order valence-electron chi connectivity index (χ2n) is 19.7. The minimum atomic E-state index is -2.28. The molecule has 0 spiro atoms. The number of aromatic nitrogens is 1. The summed E-state index contributed by atoms with van der Waals surface area (Å²) in [5.74, 6) is -1.30. The molecular weight excluding hydrogens is 767 g/mol. The number of hydrogen-bond acceptors (Lipinski definition) is 10. The fourth-order valence-electron chi connectivity index (χ4n) is 7.88. The summed E-state index contributed by atoms with van der Waals surface area (Å²) in [7, 11) is -0.298. The number of amides is 2. The molecule has 2 saturated heterocycles. The number of ether oxygens (including phenoxy) is 1. The maximum absolute atomic E-state index is 14.5. The summed E-state index contributed by atoms with van der Waals surface area (Å²) in [5, 5.41) is 3.37. The van der Waals surface area contributed by atoms with E-state index in [2.05, 4.69) is 89.6 Å². The molecule has 0 saturated carbocycles. The molecule has 3 aliphatic heterocycles. The third kappa shape index (κ3) is 12.9. The Morgan fingerprint density at radius 1 is 1.02 bits per heavy atom. The van der Waals surface area contributed by atoms with Crippen molar-refractivity contribution in [2.75, 3.05) is 46.8 Å².